The summed E-state index contributed by atoms with van der Waals surface area (Å²) in [6, 6.07) is 13.1. The maximum Gasteiger partial charge on any atom is 0.208 e. The summed E-state index contributed by atoms with van der Waals surface area (Å²) in [5, 5.41) is 1.06. The summed E-state index contributed by atoms with van der Waals surface area (Å²) in [7, 11) is 1.63. The second-order valence-electron chi connectivity index (χ2n) is 4.05. The van der Waals surface area contributed by atoms with Crippen LogP contribution in [-0.4, -0.2) is 16.7 Å². The third kappa shape index (κ3) is 2.15. The minimum Gasteiger partial charge on any atom is -0.497 e. The standard InChI is InChI=1S/C14H10Cl2N2O/c1-19-11-5-3-10(4-6-11)18-13-8-9(15)2-7-12(13)17-14(18)16/h2-8H,1H3. The molecular formula is C14H10Cl2N2O. The van der Waals surface area contributed by atoms with Crippen molar-refractivity contribution in [2.45, 2.75) is 0 Å². The Balaban J connectivity index is 2.22. The maximum absolute atomic E-state index is 6.21. The minimum absolute atomic E-state index is 0.405. The molecule has 0 atom stereocenters. The number of hydrogen-bond donors (Lipinski definition) is 0. The molecule has 0 spiro atoms. The van der Waals surface area contributed by atoms with Gasteiger partial charge in [-0.1, -0.05) is 11.6 Å². The van der Waals surface area contributed by atoms with Crippen LogP contribution in [0.4, 0.5) is 0 Å². The van der Waals surface area contributed by atoms with Crippen LogP contribution in [0.3, 0.4) is 0 Å². The highest BCUT2D eigenvalue weighted by Crippen LogP contribution is 2.27. The summed E-state index contributed by atoms with van der Waals surface area (Å²) in [5.74, 6) is 0.794. The van der Waals surface area contributed by atoms with Crippen LogP contribution in [-0.2, 0) is 0 Å². The number of methoxy groups -OCH3 is 1. The fourth-order valence-corrected chi connectivity index (χ4v) is 2.44. The largest absolute Gasteiger partial charge is 0.497 e. The van der Waals surface area contributed by atoms with Crippen LogP contribution < -0.4 is 4.74 Å². The molecule has 5 heteroatoms. The molecule has 0 N–H and O–H groups in total. The Labute approximate surface area is 120 Å². The second-order valence-corrected chi connectivity index (χ2v) is 4.82. The number of imidazole rings is 1. The molecule has 0 unspecified atom stereocenters. The summed E-state index contributed by atoms with van der Waals surface area (Å²) >= 11 is 12.2. The van der Waals surface area contributed by atoms with Gasteiger partial charge in [-0.3, -0.25) is 4.57 Å². The van der Waals surface area contributed by atoms with E-state index >= 15 is 0 Å². The Kier molecular flexibility index (Phi) is 3.09. The fraction of sp³-hybridized carbons (Fsp3) is 0.0714. The third-order valence-electron chi connectivity index (χ3n) is 2.91. The van der Waals surface area contributed by atoms with Gasteiger partial charge in [0, 0.05) is 10.7 Å². The van der Waals surface area contributed by atoms with Crippen molar-refractivity contribution in [1.29, 1.82) is 0 Å². The van der Waals surface area contributed by atoms with Crippen LogP contribution in [0, 0.1) is 0 Å². The van der Waals surface area contributed by atoms with Crippen molar-refractivity contribution < 1.29 is 4.74 Å². The highest BCUT2D eigenvalue weighted by Gasteiger charge is 2.11. The van der Waals surface area contributed by atoms with E-state index in [0.717, 1.165) is 22.5 Å². The van der Waals surface area contributed by atoms with Gasteiger partial charge in [-0.05, 0) is 54.1 Å². The van der Waals surface area contributed by atoms with Crippen LogP contribution in [0.25, 0.3) is 16.7 Å². The van der Waals surface area contributed by atoms with Gasteiger partial charge in [-0.2, -0.15) is 0 Å². The van der Waals surface area contributed by atoms with Crippen LogP contribution in [0.5, 0.6) is 5.75 Å². The van der Waals surface area contributed by atoms with Gasteiger partial charge in [0.1, 0.15) is 5.75 Å². The van der Waals surface area contributed by atoms with Gasteiger partial charge in [0.2, 0.25) is 5.28 Å². The molecule has 0 bridgehead atoms. The van der Waals surface area contributed by atoms with Crippen LogP contribution in [0.1, 0.15) is 0 Å². The molecule has 1 heterocycles. The molecule has 0 radical (unpaired) electrons. The van der Waals surface area contributed by atoms with Crippen molar-refractivity contribution in [3.05, 3.63) is 52.8 Å². The average Bonchev–Trinajstić information content (AvgIpc) is 2.74. The summed E-state index contributed by atoms with van der Waals surface area (Å²) in [5.41, 5.74) is 2.60. The van der Waals surface area contributed by atoms with Gasteiger partial charge in [-0.25, -0.2) is 4.98 Å². The Morgan fingerprint density at radius 1 is 1.05 bits per heavy atom. The van der Waals surface area contributed by atoms with Crippen LogP contribution in [0.2, 0.25) is 10.3 Å². The Morgan fingerprint density at radius 3 is 2.47 bits per heavy atom. The first-order valence-corrected chi connectivity index (χ1v) is 6.42. The molecule has 3 nitrogen and oxygen atoms in total. The number of halogens is 2. The number of fused-ring (bicyclic) bond motifs is 1. The molecule has 0 saturated heterocycles. The zero-order valence-electron chi connectivity index (χ0n) is 10.1. The van der Waals surface area contributed by atoms with Gasteiger partial charge in [0.05, 0.1) is 18.1 Å². The lowest BCUT2D eigenvalue weighted by Gasteiger charge is -2.07. The van der Waals surface area contributed by atoms with E-state index in [1.807, 2.05) is 41.0 Å². The molecule has 0 aliphatic carbocycles. The molecule has 0 aliphatic rings. The van der Waals surface area contributed by atoms with E-state index in [2.05, 4.69) is 4.98 Å². The lowest BCUT2D eigenvalue weighted by molar-refractivity contribution is 0.415. The van der Waals surface area contributed by atoms with Crippen molar-refractivity contribution in [3.8, 4) is 11.4 Å². The number of benzene rings is 2. The Morgan fingerprint density at radius 2 is 1.79 bits per heavy atom. The molecule has 0 fully saturated rings. The maximum atomic E-state index is 6.21. The highest BCUT2D eigenvalue weighted by atomic mass is 35.5. The lowest BCUT2D eigenvalue weighted by Crippen LogP contribution is -1.94. The summed E-state index contributed by atoms with van der Waals surface area (Å²) in [6.45, 7) is 0. The normalized spacial score (nSPS) is 10.9. The van der Waals surface area contributed by atoms with Gasteiger partial charge in [0.25, 0.3) is 0 Å². The first-order valence-electron chi connectivity index (χ1n) is 5.67. The zero-order chi connectivity index (χ0) is 13.4. The molecular weight excluding hydrogens is 283 g/mol. The van der Waals surface area contributed by atoms with Crippen molar-refractivity contribution in [2.75, 3.05) is 7.11 Å². The summed E-state index contributed by atoms with van der Waals surface area (Å²) in [4.78, 5) is 4.31. The minimum atomic E-state index is 0.405. The lowest BCUT2D eigenvalue weighted by atomic mass is 10.2. The molecule has 2 aromatic carbocycles. The predicted octanol–water partition coefficient (Wildman–Crippen LogP) is 4.34. The first kappa shape index (κ1) is 12.3. The molecule has 3 aromatic rings. The number of hydrogen-bond acceptors (Lipinski definition) is 2. The quantitative estimate of drug-likeness (QED) is 0.702. The van der Waals surface area contributed by atoms with Gasteiger partial charge in [-0.15, -0.1) is 0 Å². The van der Waals surface area contributed by atoms with Crippen molar-refractivity contribution in [2.24, 2.45) is 0 Å². The molecule has 19 heavy (non-hydrogen) atoms. The number of ether oxygens (including phenoxy) is 1. The molecule has 0 saturated carbocycles. The predicted molar refractivity (Wildman–Crippen MR) is 77.6 cm³/mol. The monoisotopic (exact) mass is 292 g/mol. The van der Waals surface area contributed by atoms with E-state index in [9.17, 15) is 0 Å². The molecule has 3 rings (SSSR count). The van der Waals surface area contributed by atoms with E-state index in [4.69, 9.17) is 27.9 Å². The van der Waals surface area contributed by atoms with E-state index in [1.165, 1.54) is 0 Å². The van der Waals surface area contributed by atoms with Gasteiger partial charge in [0.15, 0.2) is 0 Å². The summed E-state index contributed by atoms with van der Waals surface area (Å²) < 4.78 is 6.99. The van der Waals surface area contributed by atoms with Crippen molar-refractivity contribution in [3.63, 3.8) is 0 Å². The fourth-order valence-electron chi connectivity index (χ4n) is 2.00. The third-order valence-corrected chi connectivity index (χ3v) is 3.39. The first-order chi connectivity index (χ1) is 9.19. The number of rotatable bonds is 2. The number of aromatic nitrogens is 2. The SMILES string of the molecule is COc1ccc(-n2c(Cl)nc3ccc(Cl)cc32)cc1. The number of nitrogens with zero attached hydrogens (tertiary/aromatic N) is 2. The second kappa shape index (κ2) is 4.76. The van der Waals surface area contributed by atoms with Gasteiger partial charge >= 0.3 is 0 Å². The zero-order valence-corrected chi connectivity index (χ0v) is 11.6. The van der Waals surface area contributed by atoms with E-state index < -0.39 is 0 Å². The molecule has 0 amide bonds. The van der Waals surface area contributed by atoms with Gasteiger partial charge < -0.3 is 4.74 Å². The summed E-state index contributed by atoms with van der Waals surface area (Å²) in [6.07, 6.45) is 0. The Bertz CT molecular complexity index is 735. The van der Waals surface area contributed by atoms with Crippen LogP contribution in [0.15, 0.2) is 42.5 Å². The van der Waals surface area contributed by atoms with Crippen molar-refractivity contribution >= 4 is 34.2 Å². The van der Waals surface area contributed by atoms with Crippen LogP contribution >= 0.6 is 23.2 Å². The smallest absolute Gasteiger partial charge is 0.208 e. The van der Waals surface area contributed by atoms with E-state index in [-0.39, 0.29) is 0 Å². The topological polar surface area (TPSA) is 27.1 Å². The molecule has 96 valence electrons. The van der Waals surface area contributed by atoms with E-state index in [1.54, 1.807) is 13.2 Å². The average molecular weight is 293 g/mol. The highest BCUT2D eigenvalue weighted by molar-refractivity contribution is 6.32. The molecule has 1 aromatic heterocycles. The van der Waals surface area contributed by atoms with Crippen molar-refractivity contribution in [1.82, 2.24) is 9.55 Å². The Hall–Kier alpha value is -1.71. The molecule has 0 aliphatic heterocycles. The van der Waals surface area contributed by atoms with E-state index in [0.29, 0.717) is 10.3 Å².